The van der Waals surface area contributed by atoms with Gasteiger partial charge in [0, 0.05) is 24.3 Å². The van der Waals surface area contributed by atoms with Gasteiger partial charge >= 0.3 is 0 Å². The van der Waals surface area contributed by atoms with Crippen molar-refractivity contribution in [3.05, 3.63) is 35.9 Å². The quantitative estimate of drug-likeness (QED) is 0.564. The lowest BCUT2D eigenvalue weighted by molar-refractivity contribution is 0.602. The lowest BCUT2D eigenvalue weighted by Gasteiger charge is -2.30. The molecular weight excluding hydrogens is 310 g/mol. The summed E-state index contributed by atoms with van der Waals surface area (Å²) in [7, 11) is 0. The molecule has 1 aliphatic heterocycles. The zero-order chi connectivity index (χ0) is 13.5. The van der Waals surface area contributed by atoms with E-state index in [1.54, 1.807) is 0 Å². The molecule has 0 unspecified atom stereocenters. The van der Waals surface area contributed by atoms with Crippen LogP contribution >= 0.6 is 17.0 Å². The van der Waals surface area contributed by atoms with E-state index in [0.717, 1.165) is 6.54 Å². The molecule has 0 N–H and O–H groups in total. The Bertz CT molecular complexity index is 425. The first-order valence-electron chi connectivity index (χ1n) is 7.84. The van der Waals surface area contributed by atoms with Crippen LogP contribution in [0.15, 0.2) is 30.3 Å². The van der Waals surface area contributed by atoms with Gasteiger partial charge in [-0.1, -0.05) is 63.3 Å². The van der Waals surface area contributed by atoms with Crippen LogP contribution in [0.5, 0.6) is 0 Å². The molecule has 2 rings (SSSR count). The minimum absolute atomic E-state index is 0. The molecule has 0 fully saturated rings. The molecule has 0 spiro atoms. The Kier molecular flexibility index (Phi) is 7.98. The van der Waals surface area contributed by atoms with Gasteiger partial charge in [-0.25, -0.2) is 0 Å². The molecule has 1 aromatic carbocycles. The summed E-state index contributed by atoms with van der Waals surface area (Å²) in [5.74, 6) is 0. The van der Waals surface area contributed by atoms with Gasteiger partial charge < -0.3 is 4.90 Å². The summed E-state index contributed by atoms with van der Waals surface area (Å²) in [5.41, 5.74) is 4.27. The minimum atomic E-state index is 0. The van der Waals surface area contributed by atoms with E-state index < -0.39 is 0 Å². The lowest BCUT2D eigenvalue weighted by Crippen LogP contribution is -2.27. The van der Waals surface area contributed by atoms with Crippen LogP contribution in [-0.2, 0) is 0 Å². The van der Waals surface area contributed by atoms with E-state index in [9.17, 15) is 0 Å². The Morgan fingerprint density at radius 1 is 1.00 bits per heavy atom. The van der Waals surface area contributed by atoms with Crippen molar-refractivity contribution in [2.24, 2.45) is 0 Å². The summed E-state index contributed by atoms with van der Waals surface area (Å²) in [6.07, 6.45) is 10.6. The number of rotatable bonds is 7. The highest BCUT2D eigenvalue weighted by molar-refractivity contribution is 8.93. The van der Waals surface area contributed by atoms with Crippen molar-refractivity contribution in [2.45, 2.75) is 52.4 Å². The average Bonchev–Trinajstić information content (AvgIpc) is 2.45. The molecule has 1 aliphatic rings. The Morgan fingerprint density at radius 2 is 1.70 bits per heavy atom. The predicted molar refractivity (Wildman–Crippen MR) is 96.0 cm³/mol. The second-order valence-electron chi connectivity index (χ2n) is 5.62. The average molecular weight is 338 g/mol. The van der Waals surface area contributed by atoms with Gasteiger partial charge in [-0.2, -0.15) is 0 Å². The summed E-state index contributed by atoms with van der Waals surface area (Å²) in [6.45, 7) is 6.78. The van der Waals surface area contributed by atoms with E-state index in [-0.39, 0.29) is 17.0 Å². The first-order chi connectivity index (χ1) is 9.33. The molecule has 1 heterocycles. The number of para-hydroxylation sites is 1. The zero-order valence-electron chi connectivity index (χ0n) is 12.9. The number of hydrogen-bond donors (Lipinski definition) is 0. The molecule has 20 heavy (non-hydrogen) atoms. The van der Waals surface area contributed by atoms with Gasteiger partial charge in [0.2, 0.25) is 0 Å². The topological polar surface area (TPSA) is 3.24 Å². The predicted octanol–water partition coefficient (Wildman–Crippen LogP) is 5.85. The lowest BCUT2D eigenvalue weighted by atomic mass is 10.00. The van der Waals surface area contributed by atoms with Crippen LogP contribution in [0.4, 0.5) is 5.69 Å². The molecule has 1 nitrogen and oxygen atoms in total. The summed E-state index contributed by atoms with van der Waals surface area (Å²) in [5, 5.41) is 0. The highest BCUT2D eigenvalue weighted by atomic mass is 79.9. The van der Waals surface area contributed by atoms with E-state index in [1.807, 2.05) is 0 Å². The number of unbranched alkanes of at least 4 members (excludes halogenated alkanes) is 5. The van der Waals surface area contributed by atoms with Crippen LogP contribution in [-0.4, -0.2) is 13.1 Å². The third kappa shape index (κ3) is 4.66. The number of hydrogen-bond acceptors (Lipinski definition) is 1. The zero-order valence-corrected chi connectivity index (χ0v) is 14.6. The van der Waals surface area contributed by atoms with Crippen molar-refractivity contribution in [1.82, 2.24) is 0 Å². The molecular formula is C18H28BrN. The standard InChI is InChI=1S/C18H27N.BrH/c1-3-4-5-6-7-10-14-19-15-13-16(2)17-11-8-9-12-18(17)19;/h8-9,11-13H,3-7,10,14-15H2,1-2H3;1H. The van der Waals surface area contributed by atoms with Gasteiger partial charge in [0.15, 0.2) is 0 Å². The number of nitrogens with zero attached hydrogens (tertiary/aromatic N) is 1. The number of fused-ring (bicyclic) bond motifs is 1. The van der Waals surface area contributed by atoms with Crippen LogP contribution in [0.3, 0.4) is 0 Å². The highest BCUT2D eigenvalue weighted by Gasteiger charge is 2.14. The first-order valence-corrected chi connectivity index (χ1v) is 7.84. The second kappa shape index (κ2) is 9.23. The second-order valence-corrected chi connectivity index (χ2v) is 5.62. The largest absolute Gasteiger partial charge is 0.367 e. The molecule has 0 bridgehead atoms. The molecule has 0 aliphatic carbocycles. The summed E-state index contributed by atoms with van der Waals surface area (Å²) in [6, 6.07) is 8.81. The maximum Gasteiger partial charge on any atom is 0.0445 e. The maximum absolute atomic E-state index is 2.53. The monoisotopic (exact) mass is 337 g/mol. The van der Waals surface area contributed by atoms with Crippen molar-refractivity contribution >= 4 is 28.2 Å². The fraction of sp³-hybridized carbons (Fsp3) is 0.556. The fourth-order valence-electron chi connectivity index (χ4n) is 2.83. The van der Waals surface area contributed by atoms with Crippen molar-refractivity contribution in [3.63, 3.8) is 0 Å². The van der Waals surface area contributed by atoms with Crippen LogP contribution < -0.4 is 4.90 Å². The van der Waals surface area contributed by atoms with Gasteiger partial charge in [0.25, 0.3) is 0 Å². The van der Waals surface area contributed by atoms with Crippen molar-refractivity contribution < 1.29 is 0 Å². The van der Waals surface area contributed by atoms with E-state index >= 15 is 0 Å². The van der Waals surface area contributed by atoms with Crippen LogP contribution in [0, 0.1) is 0 Å². The number of allylic oxidation sites excluding steroid dienone is 1. The summed E-state index contributed by atoms with van der Waals surface area (Å²) < 4.78 is 0. The van der Waals surface area contributed by atoms with Gasteiger partial charge in [0.1, 0.15) is 0 Å². The molecule has 0 aromatic heterocycles. The molecule has 1 aromatic rings. The maximum atomic E-state index is 2.53. The number of halogens is 1. The SMILES string of the molecule is Br.CCCCCCCCN1CC=C(C)c2ccccc21. The van der Waals surface area contributed by atoms with Gasteiger partial charge in [-0.15, -0.1) is 17.0 Å². The van der Waals surface area contributed by atoms with Crippen molar-refractivity contribution in [3.8, 4) is 0 Å². The van der Waals surface area contributed by atoms with Gasteiger partial charge in [0.05, 0.1) is 0 Å². The van der Waals surface area contributed by atoms with Crippen LogP contribution in [0.2, 0.25) is 0 Å². The Labute approximate surface area is 134 Å². The Hall–Kier alpha value is -0.760. The third-order valence-electron chi connectivity index (χ3n) is 4.07. The Morgan fingerprint density at radius 3 is 2.50 bits per heavy atom. The number of anilines is 1. The van der Waals surface area contributed by atoms with E-state index in [4.69, 9.17) is 0 Å². The van der Waals surface area contributed by atoms with Crippen molar-refractivity contribution in [1.29, 1.82) is 0 Å². The molecule has 112 valence electrons. The molecule has 2 heteroatoms. The summed E-state index contributed by atoms with van der Waals surface area (Å²) in [4.78, 5) is 2.53. The van der Waals surface area contributed by atoms with Gasteiger partial charge in [-0.05, 0) is 25.0 Å². The molecule has 0 saturated carbocycles. The van der Waals surface area contributed by atoms with E-state index in [0.29, 0.717) is 0 Å². The fourth-order valence-corrected chi connectivity index (χ4v) is 2.83. The number of benzene rings is 1. The minimum Gasteiger partial charge on any atom is -0.367 e. The smallest absolute Gasteiger partial charge is 0.0445 e. The van der Waals surface area contributed by atoms with Crippen molar-refractivity contribution in [2.75, 3.05) is 18.0 Å². The highest BCUT2D eigenvalue weighted by Crippen LogP contribution is 2.30. The van der Waals surface area contributed by atoms with E-state index in [2.05, 4.69) is 49.1 Å². The molecule has 0 amide bonds. The van der Waals surface area contributed by atoms with Gasteiger partial charge in [-0.3, -0.25) is 0 Å². The molecule has 0 atom stereocenters. The molecule has 0 saturated heterocycles. The normalized spacial score (nSPS) is 13.5. The third-order valence-corrected chi connectivity index (χ3v) is 4.07. The van der Waals surface area contributed by atoms with Crippen LogP contribution in [0.1, 0.15) is 57.9 Å². The Balaban J connectivity index is 0.00000200. The summed E-state index contributed by atoms with van der Waals surface area (Å²) >= 11 is 0. The first kappa shape index (κ1) is 17.3. The van der Waals surface area contributed by atoms with E-state index in [1.165, 1.54) is 61.9 Å². The van der Waals surface area contributed by atoms with Crippen LogP contribution in [0.25, 0.3) is 5.57 Å². The molecule has 0 radical (unpaired) electrons.